The lowest BCUT2D eigenvalue weighted by molar-refractivity contribution is -0.384. The Balaban J connectivity index is 1.73. The van der Waals surface area contributed by atoms with Gasteiger partial charge in [0, 0.05) is 29.6 Å². The molecule has 0 aliphatic carbocycles. The molecule has 0 bridgehead atoms. The van der Waals surface area contributed by atoms with Crippen LogP contribution in [0.5, 0.6) is 0 Å². The monoisotopic (exact) mass is 406 g/mol. The predicted molar refractivity (Wildman–Crippen MR) is 109 cm³/mol. The first-order chi connectivity index (χ1) is 14.1. The smallest absolute Gasteiger partial charge is 0.350 e. The molecule has 2 aromatic heterocycles. The van der Waals surface area contributed by atoms with Crippen molar-refractivity contribution < 1.29 is 9.34 Å². The van der Waals surface area contributed by atoms with Crippen molar-refractivity contribution in [2.24, 2.45) is 0 Å². The van der Waals surface area contributed by atoms with Crippen LogP contribution in [0.25, 0.3) is 22.4 Å². The van der Waals surface area contributed by atoms with Gasteiger partial charge in [0.15, 0.2) is 11.0 Å². The summed E-state index contributed by atoms with van der Waals surface area (Å²) in [4.78, 5) is 23.1. The number of nitro groups is 1. The normalized spacial score (nSPS) is 10.9. The molecule has 0 fully saturated rings. The van der Waals surface area contributed by atoms with Gasteiger partial charge in [0.05, 0.1) is 4.92 Å². The van der Waals surface area contributed by atoms with Crippen molar-refractivity contribution >= 4 is 28.4 Å². The highest BCUT2D eigenvalue weighted by atomic mass is 32.2. The fourth-order valence-corrected chi connectivity index (χ4v) is 3.68. The number of fused-ring (bicyclic) bond motifs is 1. The SMILES string of the molecule is C=CCn1c(Sc2cc3ccccc3oc2=O)nnc1-c1ccc([N+](=O)[O-])cc1. The molecule has 4 aromatic rings. The molecule has 0 atom stereocenters. The Morgan fingerprint density at radius 1 is 1.17 bits per heavy atom. The first-order valence-electron chi connectivity index (χ1n) is 8.56. The number of benzene rings is 2. The van der Waals surface area contributed by atoms with Crippen molar-refractivity contribution in [2.45, 2.75) is 16.6 Å². The van der Waals surface area contributed by atoms with E-state index in [0.29, 0.717) is 33.6 Å². The second-order valence-electron chi connectivity index (χ2n) is 6.05. The number of non-ortho nitro benzene ring substituents is 1. The van der Waals surface area contributed by atoms with E-state index < -0.39 is 10.5 Å². The molecule has 0 aliphatic rings. The van der Waals surface area contributed by atoms with Crippen LogP contribution in [0.1, 0.15) is 0 Å². The number of allylic oxidation sites excluding steroid dienone is 1. The van der Waals surface area contributed by atoms with Crippen molar-refractivity contribution in [2.75, 3.05) is 0 Å². The second-order valence-corrected chi connectivity index (χ2v) is 7.06. The molecule has 0 saturated carbocycles. The van der Waals surface area contributed by atoms with Crippen LogP contribution in [0, 0.1) is 10.1 Å². The van der Waals surface area contributed by atoms with Crippen LogP contribution in [0.15, 0.2) is 86.5 Å². The molecule has 2 heterocycles. The predicted octanol–water partition coefficient (Wildman–Crippen LogP) is 4.30. The Labute approximate surface area is 168 Å². The fourth-order valence-electron chi connectivity index (χ4n) is 2.82. The van der Waals surface area contributed by atoms with Crippen LogP contribution >= 0.6 is 11.8 Å². The molecule has 0 unspecified atom stereocenters. The maximum atomic E-state index is 12.4. The van der Waals surface area contributed by atoms with E-state index in [4.69, 9.17) is 4.42 Å². The van der Waals surface area contributed by atoms with Gasteiger partial charge in [-0.05, 0) is 36.0 Å². The standard InChI is InChI=1S/C20H14N4O4S/c1-2-11-23-18(13-7-9-15(10-8-13)24(26)27)21-22-20(23)29-17-12-14-5-3-4-6-16(14)28-19(17)25/h2-10,12H,1,11H2. The zero-order valence-corrected chi connectivity index (χ0v) is 15.8. The quantitative estimate of drug-likeness (QED) is 0.203. The van der Waals surface area contributed by atoms with Gasteiger partial charge in [-0.15, -0.1) is 16.8 Å². The molecule has 0 spiro atoms. The highest BCUT2D eigenvalue weighted by Gasteiger charge is 2.17. The van der Waals surface area contributed by atoms with Gasteiger partial charge in [-0.2, -0.15) is 0 Å². The van der Waals surface area contributed by atoms with Gasteiger partial charge in [0.2, 0.25) is 0 Å². The number of nitrogens with zero attached hydrogens (tertiary/aromatic N) is 4. The van der Waals surface area contributed by atoms with E-state index >= 15 is 0 Å². The molecule has 4 rings (SSSR count). The average molecular weight is 406 g/mol. The summed E-state index contributed by atoms with van der Waals surface area (Å²) < 4.78 is 7.16. The molecular formula is C20H14N4O4S. The van der Waals surface area contributed by atoms with Gasteiger partial charge in [0.25, 0.3) is 5.69 Å². The van der Waals surface area contributed by atoms with Gasteiger partial charge in [-0.3, -0.25) is 14.7 Å². The zero-order valence-electron chi connectivity index (χ0n) is 15.0. The van der Waals surface area contributed by atoms with Crippen LogP contribution in [0.2, 0.25) is 0 Å². The third-order valence-electron chi connectivity index (χ3n) is 4.18. The fraction of sp³-hybridized carbons (Fsp3) is 0.0500. The summed E-state index contributed by atoms with van der Waals surface area (Å²) >= 11 is 1.15. The largest absolute Gasteiger partial charge is 0.422 e. The second kappa shape index (κ2) is 7.72. The summed E-state index contributed by atoms with van der Waals surface area (Å²) in [6.07, 6.45) is 1.69. The first kappa shape index (κ1) is 18.6. The minimum atomic E-state index is -0.460. The van der Waals surface area contributed by atoms with Crippen LogP contribution in [0.4, 0.5) is 5.69 Å². The first-order valence-corrected chi connectivity index (χ1v) is 9.38. The average Bonchev–Trinajstić information content (AvgIpc) is 3.11. The van der Waals surface area contributed by atoms with Gasteiger partial charge >= 0.3 is 5.63 Å². The van der Waals surface area contributed by atoms with Crippen LogP contribution < -0.4 is 5.63 Å². The minimum absolute atomic E-state index is 0.00749. The lowest BCUT2D eigenvalue weighted by Crippen LogP contribution is -2.04. The Bertz CT molecular complexity index is 1280. The summed E-state index contributed by atoms with van der Waals surface area (Å²) in [5.74, 6) is 0.521. The van der Waals surface area contributed by atoms with E-state index in [1.165, 1.54) is 12.1 Å². The Morgan fingerprint density at radius 2 is 1.93 bits per heavy atom. The van der Waals surface area contributed by atoms with Crippen molar-refractivity contribution in [3.63, 3.8) is 0 Å². The summed E-state index contributed by atoms with van der Waals surface area (Å²) in [5.41, 5.74) is 0.717. The number of hydrogen-bond acceptors (Lipinski definition) is 7. The number of nitro benzene ring substituents is 1. The lowest BCUT2D eigenvalue weighted by Gasteiger charge is -2.07. The molecule has 2 aromatic carbocycles. The van der Waals surface area contributed by atoms with E-state index in [1.54, 1.807) is 41.0 Å². The lowest BCUT2D eigenvalue weighted by atomic mass is 10.2. The molecule has 0 amide bonds. The Kier molecular flexibility index (Phi) is 4.96. The van der Waals surface area contributed by atoms with Crippen molar-refractivity contribution in [3.05, 3.63) is 87.8 Å². The molecular weight excluding hydrogens is 392 g/mol. The Morgan fingerprint density at radius 3 is 2.66 bits per heavy atom. The number of hydrogen-bond donors (Lipinski definition) is 0. The zero-order chi connectivity index (χ0) is 20.4. The third kappa shape index (κ3) is 3.67. The maximum Gasteiger partial charge on any atom is 0.350 e. The van der Waals surface area contributed by atoms with Crippen molar-refractivity contribution in [1.82, 2.24) is 14.8 Å². The summed E-state index contributed by atoms with van der Waals surface area (Å²) in [6.45, 7) is 4.16. The molecule has 0 saturated heterocycles. The summed E-state index contributed by atoms with van der Waals surface area (Å²) in [5, 5.41) is 20.6. The molecule has 29 heavy (non-hydrogen) atoms. The summed E-state index contributed by atoms with van der Waals surface area (Å²) in [7, 11) is 0. The van der Waals surface area contributed by atoms with E-state index in [-0.39, 0.29) is 5.69 Å². The summed E-state index contributed by atoms with van der Waals surface area (Å²) in [6, 6.07) is 15.1. The van der Waals surface area contributed by atoms with Crippen molar-refractivity contribution in [1.29, 1.82) is 0 Å². The maximum absolute atomic E-state index is 12.4. The van der Waals surface area contributed by atoms with Crippen LogP contribution in [-0.2, 0) is 6.54 Å². The van der Waals surface area contributed by atoms with Crippen molar-refractivity contribution in [3.8, 4) is 11.4 Å². The van der Waals surface area contributed by atoms with E-state index in [9.17, 15) is 14.9 Å². The molecule has 0 aliphatic heterocycles. The van der Waals surface area contributed by atoms with Gasteiger partial charge < -0.3 is 4.42 Å². The van der Waals surface area contributed by atoms with Crippen LogP contribution in [0.3, 0.4) is 0 Å². The van der Waals surface area contributed by atoms with Gasteiger partial charge in [-0.25, -0.2) is 4.79 Å². The highest BCUT2D eigenvalue weighted by molar-refractivity contribution is 7.99. The number of rotatable bonds is 6. The molecule has 144 valence electrons. The minimum Gasteiger partial charge on any atom is -0.422 e. The van der Waals surface area contributed by atoms with E-state index in [2.05, 4.69) is 16.8 Å². The number of aromatic nitrogens is 3. The molecule has 9 heteroatoms. The number of para-hydroxylation sites is 1. The third-order valence-corrected chi connectivity index (χ3v) is 5.16. The Hall–Kier alpha value is -3.72. The highest BCUT2D eigenvalue weighted by Crippen LogP contribution is 2.30. The molecule has 8 nitrogen and oxygen atoms in total. The van der Waals surface area contributed by atoms with E-state index in [1.807, 2.05) is 12.1 Å². The molecule has 0 radical (unpaired) electrons. The topological polar surface area (TPSA) is 104 Å². The van der Waals surface area contributed by atoms with Crippen LogP contribution in [-0.4, -0.2) is 19.7 Å². The van der Waals surface area contributed by atoms with E-state index in [0.717, 1.165) is 17.1 Å². The van der Waals surface area contributed by atoms with Gasteiger partial charge in [-0.1, -0.05) is 24.3 Å². The van der Waals surface area contributed by atoms with Gasteiger partial charge in [0.1, 0.15) is 10.5 Å². The molecule has 0 N–H and O–H groups in total.